The van der Waals surface area contributed by atoms with Crippen LogP contribution in [0.1, 0.15) is 24.8 Å². The van der Waals surface area contributed by atoms with Crippen LogP contribution in [0.2, 0.25) is 0 Å². The zero-order valence-electron chi connectivity index (χ0n) is 11.4. The van der Waals surface area contributed by atoms with Gasteiger partial charge in [0, 0.05) is 18.6 Å². The minimum Gasteiger partial charge on any atom is -0.315 e. The van der Waals surface area contributed by atoms with Crippen molar-refractivity contribution in [2.75, 3.05) is 13.1 Å². The molecule has 2 fully saturated rings. The van der Waals surface area contributed by atoms with E-state index in [1.165, 1.54) is 0 Å². The molecule has 2 saturated heterocycles. The third-order valence-electron chi connectivity index (χ3n) is 4.10. The molecule has 2 aliphatic rings. The molecule has 0 saturated carbocycles. The summed E-state index contributed by atoms with van der Waals surface area (Å²) in [6.07, 6.45) is 2.94. The Bertz CT molecular complexity index is 521. The standard InChI is InChI=1S/C14H20N2O2S.ClH/c17-19(18,11-12-4-2-1-3-5-12)16-13-6-7-14(16)10-15-9-8-13;/h1-5,13-15H,6-11H2;1H. The third-order valence-corrected chi connectivity index (χ3v) is 6.04. The molecule has 0 aliphatic carbocycles. The second-order valence-electron chi connectivity index (χ2n) is 5.45. The molecular weight excluding hydrogens is 296 g/mol. The Kier molecular flexibility index (Phi) is 5.07. The van der Waals surface area contributed by atoms with Crippen LogP contribution in [0.25, 0.3) is 0 Å². The first-order valence-corrected chi connectivity index (χ1v) is 8.53. The number of rotatable bonds is 3. The summed E-state index contributed by atoms with van der Waals surface area (Å²) < 4.78 is 27.1. The predicted octanol–water partition coefficient (Wildman–Crippen LogP) is 1.76. The van der Waals surface area contributed by atoms with Gasteiger partial charge in [-0.3, -0.25) is 0 Å². The Morgan fingerprint density at radius 3 is 2.55 bits per heavy atom. The number of hydrogen-bond donors (Lipinski definition) is 1. The Balaban J connectivity index is 0.00000147. The van der Waals surface area contributed by atoms with Crippen LogP contribution in [0.3, 0.4) is 0 Å². The number of nitrogens with zero attached hydrogens (tertiary/aromatic N) is 1. The van der Waals surface area contributed by atoms with E-state index in [1.54, 1.807) is 4.31 Å². The quantitative estimate of drug-likeness (QED) is 0.924. The van der Waals surface area contributed by atoms with E-state index in [1.807, 2.05) is 30.3 Å². The van der Waals surface area contributed by atoms with Crippen LogP contribution >= 0.6 is 12.4 Å². The smallest absolute Gasteiger partial charge is 0.218 e. The van der Waals surface area contributed by atoms with Gasteiger partial charge >= 0.3 is 0 Å². The van der Waals surface area contributed by atoms with Gasteiger partial charge in [0.15, 0.2) is 0 Å². The van der Waals surface area contributed by atoms with Crippen LogP contribution in [-0.2, 0) is 15.8 Å². The van der Waals surface area contributed by atoms with Gasteiger partial charge in [0.2, 0.25) is 10.0 Å². The Labute approximate surface area is 127 Å². The maximum atomic E-state index is 12.7. The monoisotopic (exact) mass is 316 g/mol. The summed E-state index contributed by atoms with van der Waals surface area (Å²) in [6.45, 7) is 1.73. The summed E-state index contributed by atoms with van der Waals surface area (Å²) >= 11 is 0. The van der Waals surface area contributed by atoms with Crippen molar-refractivity contribution >= 4 is 22.4 Å². The van der Waals surface area contributed by atoms with Crippen molar-refractivity contribution in [2.24, 2.45) is 0 Å². The van der Waals surface area contributed by atoms with Crippen molar-refractivity contribution in [2.45, 2.75) is 37.1 Å². The molecule has 20 heavy (non-hydrogen) atoms. The molecule has 2 atom stereocenters. The Morgan fingerprint density at radius 1 is 1.10 bits per heavy atom. The fourth-order valence-corrected chi connectivity index (χ4v) is 5.31. The molecule has 0 aromatic heterocycles. The van der Waals surface area contributed by atoms with Crippen molar-refractivity contribution < 1.29 is 8.42 Å². The largest absolute Gasteiger partial charge is 0.315 e. The highest BCUT2D eigenvalue weighted by atomic mass is 35.5. The minimum absolute atomic E-state index is 0. The molecule has 6 heteroatoms. The molecule has 0 radical (unpaired) electrons. The van der Waals surface area contributed by atoms with Crippen LogP contribution in [-0.4, -0.2) is 37.9 Å². The number of sulfonamides is 1. The maximum Gasteiger partial charge on any atom is 0.218 e. The lowest BCUT2D eigenvalue weighted by Crippen LogP contribution is -2.43. The van der Waals surface area contributed by atoms with Crippen molar-refractivity contribution in [1.29, 1.82) is 0 Å². The van der Waals surface area contributed by atoms with Gasteiger partial charge in [-0.05, 0) is 31.4 Å². The van der Waals surface area contributed by atoms with Gasteiger partial charge in [-0.25, -0.2) is 8.42 Å². The molecule has 0 spiro atoms. The highest BCUT2D eigenvalue weighted by molar-refractivity contribution is 7.88. The topological polar surface area (TPSA) is 49.4 Å². The molecule has 1 aromatic carbocycles. The molecule has 2 unspecified atom stereocenters. The molecular formula is C14H21ClN2O2S. The molecule has 2 aliphatic heterocycles. The fourth-order valence-electron chi connectivity index (χ4n) is 3.25. The summed E-state index contributed by atoms with van der Waals surface area (Å²) in [5.74, 6) is 0.126. The van der Waals surface area contributed by atoms with Gasteiger partial charge in [0.1, 0.15) is 0 Å². The molecule has 1 N–H and O–H groups in total. The van der Waals surface area contributed by atoms with E-state index in [0.29, 0.717) is 0 Å². The minimum atomic E-state index is -3.20. The second kappa shape index (κ2) is 6.43. The van der Waals surface area contributed by atoms with Crippen LogP contribution in [0, 0.1) is 0 Å². The van der Waals surface area contributed by atoms with Gasteiger partial charge in [0.05, 0.1) is 5.75 Å². The Morgan fingerprint density at radius 2 is 1.80 bits per heavy atom. The van der Waals surface area contributed by atoms with Crippen LogP contribution in [0.15, 0.2) is 30.3 Å². The Hall–Kier alpha value is -0.620. The average molecular weight is 317 g/mol. The fraction of sp³-hybridized carbons (Fsp3) is 0.571. The van der Waals surface area contributed by atoms with Gasteiger partial charge < -0.3 is 5.32 Å². The first-order valence-electron chi connectivity index (χ1n) is 6.93. The van der Waals surface area contributed by atoms with E-state index >= 15 is 0 Å². The lowest BCUT2D eigenvalue weighted by Gasteiger charge is -2.26. The van der Waals surface area contributed by atoms with Crippen LogP contribution in [0.5, 0.6) is 0 Å². The number of halogens is 1. The highest BCUT2D eigenvalue weighted by Crippen LogP contribution is 2.31. The zero-order valence-corrected chi connectivity index (χ0v) is 13.0. The SMILES string of the molecule is Cl.O=S(=O)(Cc1ccccc1)N1C2CCNCC1CC2. The molecule has 0 amide bonds. The van der Waals surface area contributed by atoms with E-state index in [4.69, 9.17) is 0 Å². The molecule has 1 aromatic rings. The molecule has 2 heterocycles. The maximum absolute atomic E-state index is 12.7. The number of benzene rings is 1. The van der Waals surface area contributed by atoms with E-state index in [-0.39, 0.29) is 30.2 Å². The van der Waals surface area contributed by atoms with E-state index in [0.717, 1.165) is 37.9 Å². The molecule has 2 bridgehead atoms. The summed E-state index contributed by atoms with van der Waals surface area (Å²) in [4.78, 5) is 0. The lowest BCUT2D eigenvalue weighted by atomic mass is 10.1. The average Bonchev–Trinajstić information content (AvgIpc) is 2.64. The normalized spacial score (nSPS) is 26.8. The van der Waals surface area contributed by atoms with Crippen molar-refractivity contribution in [3.05, 3.63) is 35.9 Å². The van der Waals surface area contributed by atoms with Gasteiger partial charge in [0.25, 0.3) is 0 Å². The third kappa shape index (κ3) is 3.17. The summed E-state index contributed by atoms with van der Waals surface area (Å²) in [5.41, 5.74) is 0.874. The van der Waals surface area contributed by atoms with Crippen molar-refractivity contribution in [3.63, 3.8) is 0 Å². The molecule has 112 valence electrons. The van der Waals surface area contributed by atoms with E-state index < -0.39 is 10.0 Å². The van der Waals surface area contributed by atoms with Crippen molar-refractivity contribution in [3.8, 4) is 0 Å². The van der Waals surface area contributed by atoms with E-state index in [2.05, 4.69) is 5.32 Å². The predicted molar refractivity (Wildman–Crippen MR) is 82.4 cm³/mol. The number of hydrogen-bond acceptors (Lipinski definition) is 3. The molecule has 3 rings (SSSR count). The van der Waals surface area contributed by atoms with Crippen molar-refractivity contribution in [1.82, 2.24) is 9.62 Å². The van der Waals surface area contributed by atoms with Crippen LogP contribution in [0.4, 0.5) is 0 Å². The summed E-state index contributed by atoms with van der Waals surface area (Å²) in [5, 5.41) is 3.34. The van der Waals surface area contributed by atoms with Gasteiger partial charge in [-0.15, -0.1) is 12.4 Å². The van der Waals surface area contributed by atoms with Crippen LogP contribution < -0.4 is 5.32 Å². The van der Waals surface area contributed by atoms with Gasteiger partial charge in [-0.1, -0.05) is 30.3 Å². The highest BCUT2D eigenvalue weighted by Gasteiger charge is 2.42. The number of nitrogens with one attached hydrogen (secondary N) is 1. The van der Waals surface area contributed by atoms with Gasteiger partial charge in [-0.2, -0.15) is 4.31 Å². The summed E-state index contributed by atoms with van der Waals surface area (Å²) in [6, 6.07) is 9.82. The molecule has 4 nitrogen and oxygen atoms in total. The first-order chi connectivity index (χ1) is 9.17. The number of fused-ring (bicyclic) bond motifs is 2. The first kappa shape index (κ1) is 15.8. The second-order valence-corrected chi connectivity index (χ2v) is 7.32. The summed E-state index contributed by atoms with van der Waals surface area (Å²) in [7, 11) is -3.20. The van der Waals surface area contributed by atoms with E-state index in [9.17, 15) is 8.42 Å². The lowest BCUT2D eigenvalue weighted by molar-refractivity contribution is 0.334. The zero-order chi connectivity index (χ0) is 13.3.